The summed E-state index contributed by atoms with van der Waals surface area (Å²) in [7, 11) is 0. The number of ether oxygens (including phenoxy) is 1. The number of carboxylic acids is 1. The molecule has 1 saturated heterocycles. The number of aliphatic hydroxyl groups excluding tert-OH is 1. The minimum atomic E-state index is -1.26. The van der Waals surface area contributed by atoms with Gasteiger partial charge >= 0.3 is 5.97 Å². The van der Waals surface area contributed by atoms with Gasteiger partial charge in [0.2, 0.25) is 11.8 Å². The lowest BCUT2D eigenvalue weighted by atomic mass is 9.74. The number of carbonyl (C=O) groups excluding carboxylic acids is 3. The first-order chi connectivity index (χ1) is 24.5. The first-order valence-electron chi connectivity index (χ1n) is 15.6. The van der Waals surface area contributed by atoms with E-state index in [9.17, 15) is 38.2 Å². The molecule has 5 rings (SSSR count). The number of aliphatic carboxylic acids is 1. The van der Waals surface area contributed by atoms with E-state index in [2.05, 4.69) is 16.0 Å². The molecule has 0 radical (unpaired) electrons. The SMILES string of the molecule is N#Cc1ccc(C[C@@H](NC(=O)CNC(=O)COc2ccc([C@]3(c4ccc(F)cc4)NC(=O)[C@@H]3SCC(O)c3ccc(F)cc3)cc2)C(=O)O)cc1. The largest absolute Gasteiger partial charge is 0.484 e. The lowest BCUT2D eigenvalue weighted by Crippen LogP contribution is -2.69. The third-order valence-electron chi connectivity index (χ3n) is 8.21. The average Bonchev–Trinajstić information content (AvgIpc) is 3.13. The summed E-state index contributed by atoms with van der Waals surface area (Å²) in [6.07, 6.45) is -1.00. The summed E-state index contributed by atoms with van der Waals surface area (Å²) in [6.45, 7) is -0.951. The Bertz CT molecular complexity index is 1920. The molecule has 0 aromatic heterocycles. The van der Waals surface area contributed by atoms with Gasteiger partial charge in [-0.2, -0.15) is 5.26 Å². The van der Waals surface area contributed by atoms with Crippen molar-refractivity contribution in [1.29, 1.82) is 5.26 Å². The lowest BCUT2D eigenvalue weighted by Gasteiger charge is -2.50. The van der Waals surface area contributed by atoms with E-state index in [1.807, 2.05) is 6.07 Å². The summed E-state index contributed by atoms with van der Waals surface area (Å²) in [6, 6.07) is 24.6. The minimum absolute atomic E-state index is 0.0245. The van der Waals surface area contributed by atoms with Crippen LogP contribution in [0.5, 0.6) is 5.75 Å². The van der Waals surface area contributed by atoms with Gasteiger partial charge in [-0.25, -0.2) is 13.6 Å². The molecule has 1 aliphatic rings. The molecule has 1 fully saturated rings. The summed E-state index contributed by atoms with van der Waals surface area (Å²) in [5.41, 5.74) is 1.65. The number of nitriles is 1. The topological polar surface area (TPSA) is 178 Å². The van der Waals surface area contributed by atoms with Crippen LogP contribution in [0.1, 0.15) is 33.9 Å². The van der Waals surface area contributed by atoms with Crippen LogP contribution in [0.25, 0.3) is 0 Å². The zero-order valence-electron chi connectivity index (χ0n) is 26.8. The Hall–Kier alpha value is -5.78. The predicted molar refractivity (Wildman–Crippen MR) is 182 cm³/mol. The van der Waals surface area contributed by atoms with Gasteiger partial charge in [-0.05, 0) is 70.8 Å². The molecule has 0 bridgehead atoms. The molecule has 1 unspecified atom stereocenters. The van der Waals surface area contributed by atoms with Crippen molar-refractivity contribution in [2.75, 3.05) is 18.9 Å². The number of β-lactam (4-membered cyclic amide) rings is 1. The molecule has 3 amide bonds. The maximum absolute atomic E-state index is 13.9. The van der Waals surface area contributed by atoms with Crippen molar-refractivity contribution in [3.63, 3.8) is 0 Å². The standard InChI is InChI=1S/C37H32F2N4O7S/c38-27-11-5-24(6-12-27)31(44)21-51-34-35(47)43-37(34,25-7-13-28(39)14-8-25)26-9-15-29(16-10-26)50-20-33(46)41-19-32(45)42-30(36(48)49)17-22-1-3-23(18-40)4-2-22/h1-16,30-31,34,44H,17,19-21H2,(H,41,46)(H,42,45)(H,43,47)(H,48,49)/t30-,31?,34+,37+/m1/s1. The van der Waals surface area contributed by atoms with Crippen molar-refractivity contribution >= 4 is 35.5 Å². The number of aliphatic hydroxyl groups is 1. The molecule has 4 atom stereocenters. The van der Waals surface area contributed by atoms with Gasteiger partial charge in [0.1, 0.15) is 34.2 Å². The number of rotatable bonds is 15. The summed E-state index contributed by atoms with van der Waals surface area (Å²) in [5, 5.41) is 36.2. The van der Waals surface area contributed by atoms with Gasteiger partial charge in [0, 0.05) is 12.2 Å². The third kappa shape index (κ3) is 8.88. The number of halogens is 2. The number of nitrogens with one attached hydrogen (secondary N) is 3. The number of benzene rings is 4. The maximum atomic E-state index is 13.9. The highest BCUT2D eigenvalue weighted by Gasteiger charge is 2.56. The first kappa shape index (κ1) is 36.5. The Morgan fingerprint density at radius 1 is 0.902 bits per heavy atom. The number of carbonyl (C=O) groups is 4. The van der Waals surface area contributed by atoms with Gasteiger partial charge in [-0.3, -0.25) is 14.4 Å². The summed E-state index contributed by atoms with van der Waals surface area (Å²) < 4.78 is 32.8. The van der Waals surface area contributed by atoms with Gasteiger partial charge < -0.3 is 30.9 Å². The Morgan fingerprint density at radius 2 is 1.49 bits per heavy atom. The molecule has 0 aliphatic carbocycles. The molecule has 262 valence electrons. The highest BCUT2D eigenvalue weighted by atomic mass is 32.2. The smallest absolute Gasteiger partial charge is 0.326 e. The second-order valence-electron chi connectivity index (χ2n) is 11.6. The highest BCUT2D eigenvalue weighted by Crippen LogP contribution is 2.46. The molecular weight excluding hydrogens is 682 g/mol. The molecule has 51 heavy (non-hydrogen) atoms. The minimum Gasteiger partial charge on any atom is -0.484 e. The van der Waals surface area contributed by atoms with Crippen molar-refractivity contribution in [2.24, 2.45) is 0 Å². The van der Waals surface area contributed by atoms with Crippen LogP contribution in [0.3, 0.4) is 0 Å². The molecular formula is C37H32F2N4O7S. The van der Waals surface area contributed by atoms with Gasteiger partial charge in [0.25, 0.3) is 5.91 Å². The van der Waals surface area contributed by atoms with Crippen LogP contribution < -0.4 is 20.7 Å². The van der Waals surface area contributed by atoms with Crippen molar-refractivity contribution < 1.29 is 42.9 Å². The Labute approximate surface area is 295 Å². The normalized spacial score (nSPS) is 17.5. The molecule has 0 saturated carbocycles. The zero-order chi connectivity index (χ0) is 36.5. The van der Waals surface area contributed by atoms with Crippen molar-refractivity contribution in [3.8, 4) is 11.8 Å². The first-order valence-corrected chi connectivity index (χ1v) is 16.7. The summed E-state index contributed by atoms with van der Waals surface area (Å²) >= 11 is 1.20. The van der Waals surface area contributed by atoms with Gasteiger partial charge in [-0.1, -0.05) is 48.5 Å². The van der Waals surface area contributed by atoms with Crippen molar-refractivity contribution in [3.05, 3.63) is 137 Å². The molecule has 4 aromatic carbocycles. The van der Waals surface area contributed by atoms with E-state index in [-0.39, 0.29) is 18.1 Å². The van der Waals surface area contributed by atoms with Crippen molar-refractivity contribution in [1.82, 2.24) is 16.0 Å². The molecule has 5 N–H and O–H groups in total. The zero-order valence-corrected chi connectivity index (χ0v) is 27.7. The maximum Gasteiger partial charge on any atom is 0.326 e. The molecule has 1 aliphatic heterocycles. The highest BCUT2D eigenvalue weighted by molar-refractivity contribution is 8.00. The van der Waals surface area contributed by atoms with Crippen LogP contribution in [0.4, 0.5) is 8.78 Å². The van der Waals surface area contributed by atoms with E-state index in [0.29, 0.717) is 33.6 Å². The number of hydrogen-bond donors (Lipinski definition) is 5. The van der Waals surface area contributed by atoms with Gasteiger partial charge in [0.05, 0.1) is 24.3 Å². The Kier molecular flexibility index (Phi) is 11.7. The third-order valence-corrected chi connectivity index (χ3v) is 9.62. The van der Waals surface area contributed by atoms with Crippen LogP contribution in [-0.2, 0) is 31.1 Å². The quantitative estimate of drug-likeness (QED) is 0.116. The van der Waals surface area contributed by atoms with Crippen LogP contribution in [0, 0.1) is 23.0 Å². The van der Waals surface area contributed by atoms with E-state index in [1.54, 1.807) is 60.7 Å². The monoisotopic (exact) mass is 714 g/mol. The number of thioether (sulfide) groups is 1. The fourth-order valence-corrected chi connectivity index (χ4v) is 6.89. The van der Waals surface area contributed by atoms with Gasteiger partial charge in [0.15, 0.2) is 6.61 Å². The van der Waals surface area contributed by atoms with E-state index >= 15 is 0 Å². The Balaban J connectivity index is 1.18. The molecule has 11 nitrogen and oxygen atoms in total. The van der Waals surface area contributed by atoms with Crippen LogP contribution >= 0.6 is 11.8 Å². The lowest BCUT2D eigenvalue weighted by molar-refractivity contribution is -0.141. The van der Waals surface area contributed by atoms with Gasteiger partial charge in [-0.15, -0.1) is 11.8 Å². The van der Waals surface area contributed by atoms with Crippen LogP contribution in [0.15, 0.2) is 97.1 Å². The fourth-order valence-electron chi connectivity index (χ4n) is 5.53. The van der Waals surface area contributed by atoms with E-state index in [4.69, 9.17) is 10.00 Å². The molecule has 0 spiro atoms. The van der Waals surface area contributed by atoms with E-state index in [0.717, 1.165) is 0 Å². The summed E-state index contributed by atoms with van der Waals surface area (Å²) in [4.78, 5) is 49.4. The van der Waals surface area contributed by atoms with Crippen LogP contribution in [-0.4, -0.2) is 64.1 Å². The Morgan fingerprint density at radius 3 is 2.06 bits per heavy atom. The number of hydrogen-bond acceptors (Lipinski definition) is 8. The number of amides is 3. The summed E-state index contributed by atoms with van der Waals surface area (Å²) in [5.74, 6) is -3.40. The van der Waals surface area contributed by atoms with E-state index < -0.39 is 65.5 Å². The van der Waals surface area contributed by atoms with Crippen LogP contribution in [0.2, 0.25) is 0 Å². The van der Waals surface area contributed by atoms with E-state index in [1.165, 1.54) is 48.2 Å². The number of nitrogens with zero attached hydrogens (tertiary/aromatic N) is 1. The molecule has 4 aromatic rings. The van der Waals surface area contributed by atoms with Crippen molar-refractivity contribution in [2.45, 2.75) is 29.4 Å². The average molecular weight is 715 g/mol. The fraction of sp³-hybridized carbons (Fsp3) is 0.216. The second-order valence-corrected chi connectivity index (χ2v) is 12.8. The molecule has 1 heterocycles. The predicted octanol–water partition coefficient (Wildman–Crippen LogP) is 3.35. The molecule has 14 heteroatoms. The number of carboxylic acid groups (broad SMARTS) is 1. The second kappa shape index (κ2) is 16.3.